The van der Waals surface area contributed by atoms with E-state index >= 15 is 0 Å². The van der Waals surface area contributed by atoms with Crippen LogP contribution in [-0.4, -0.2) is 59.7 Å². The molecule has 0 aromatic carbocycles. The standard InChI is InChI=1S/C12H22N2O2S/c15-8-10-1-4-14(5-2-10)12(16)7-11-9-17-6-3-13-11/h10-11,13,15H,1-9H2. The lowest BCUT2D eigenvalue weighted by Crippen LogP contribution is -2.45. The highest BCUT2D eigenvalue weighted by atomic mass is 32.2. The van der Waals surface area contributed by atoms with Crippen LogP contribution in [0.5, 0.6) is 0 Å². The van der Waals surface area contributed by atoms with E-state index in [1.54, 1.807) is 0 Å². The molecule has 17 heavy (non-hydrogen) atoms. The fourth-order valence-corrected chi connectivity index (χ4v) is 3.40. The summed E-state index contributed by atoms with van der Waals surface area (Å²) in [5.41, 5.74) is 0. The van der Waals surface area contributed by atoms with E-state index in [0.717, 1.165) is 44.0 Å². The minimum atomic E-state index is 0.267. The molecule has 0 aromatic rings. The average molecular weight is 258 g/mol. The fraction of sp³-hybridized carbons (Fsp3) is 0.917. The summed E-state index contributed by atoms with van der Waals surface area (Å²) in [7, 11) is 0. The molecule has 2 N–H and O–H groups in total. The molecule has 0 saturated carbocycles. The molecule has 98 valence electrons. The van der Waals surface area contributed by atoms with Crippen molar-refractivity contribution in [1.82, 2.24) is 10.2 Å². The zero-order valence-corrected chi connectivity index (χ0v) is 11.0. The third-order valence-electron chi connectivity index (χ3n) is 3.64. The summed E-state index contributed by atoms with van der Waals surface area (Å²) in [6, 6.07) is 0.358. The van der Waals surface area contributed by atoms with Crippen LogP contribution in [0.2, 0.25) is 0 Å². The number of hydrogen-bond acceptors (Lipinski definition) is 4. The second-order valence-corrected chi connectivity index (χ2v) is 6.09. The van der Waals surface area contributed by atoms with Gasteiger partial charge in [0.15, 0.2) is 0 Å². The molecular formula is C12H22N2O2S. The van der Waals surface area contributed by atoms with Crippen molar-refractivity contribution in [3.05, 3.63) is 0 Å². The van der Waals surface area contributed by atoms with Crippen LogP contribution in [0.25, 0.3) is 0 Å². The van der Waals surface area contributed by atoms with E-state index in [1.165, 1.54) is 0 Å². The molecule has 1 amide bonds. The first-order valence-electron chi connectivity index (χ1n) is 6.49. The molecule has 2 aliphatic rings. The van der Waals surface area contributed by atoms with Crippen molar-refractivity contribution in [2.24, 2.45) is 5.92 Å². The topological polar surface area (TPSA) is 52.6 Å². The van der Waals surface area contributed by atoms with E-state index in [4.69, 9.17) is 5.11 Å². The minimum absolute atomic E-state index is 0.267. The van der Waals surface area contributed by atoms with Gasteiger partial charge in [-0.3, -0.25) is 4.79 Å². The Morgan fingerprint density at radius 1 is 1.41 bits per heavy atom. The fourth-order valence-electron chi connectivity index (χ4n) is 2.46. The summed E-state index contributed by atoms with van der Waals surface area (Å²) in [6.45, 7) is 2.94. The number of thioether (sulfide) groups is 1. The first-order chi connectivity index (χ1) is 8.29. The highest BCUT2D eigenvalue weighted by Gasteiger charge is 2.24. The van der Waals surface area contributed by atoms with Crippen molar-refractivity contribution in [3.63, 3.8) is 0 Å². The molecule has 2 rings (SSSR count). The number of aliphatic hydroxyl groups excluding tert-OH is 1. The van der Waals surface area contributed by atoms with Crippen LogP contribution < -0.4 is 5.32 Å². The van der Waals surface area contributed by atoms with Crippen molar-refractivity contribution < 1.29 is 9.90 Å². The highest BCUT2D eigenvalue weighted by molar-refractivity contribution is 7.99. The number of amides is 1. The number of piperidine rings is 1. The van der Waals surface area contributed by atoms with Crippen LogP contribution in [0.1, 0.15) is 19.3 Å². The number of carbonyl (C=O) groups excluding carboxylic acids is 1. The van der Waals surface area contributed by atoms with Gasteiger partial charge < -0.3 is 15.3 Å². The Kier molecular flexibility index (Phi) is 5.13. The van der Waals surface area contributed by atoms with Gasteiger partial charge in [-0.2, -0.15) is 11.8 Å². The summed E-state index contributed by atoms with van der Waals surface area (Å²) in [5, 5.41) is 12.5. The van der Waals surface area contributed by atoms with E-state index in [2.05, 4.69) is 5.32 Å². The molecule has 2 heterocycles. The van der Waals surface area contributed by atoms with E-state index in [1.807, 2.05) is 16.7 Å². The van der Waals surface area contributed by atoms with Gasteiger partial charge in [0, 0.05) is 50.2 Å². The molecule has 5 heteroatoms. The number of likely N-dealkylation sites (tertiary alicyclic amines) is 1. The zero-order chi connectivity index (χ0) is 12.1. The number of carbonyl (C=O) groups is 1. The van der Waals surface area contributed by atoms with Crippen LogP contribution >= 0.6 is 11.8 Å². The molecular weight excluding hydrogens is 236 g/mol. The third-order valence-corrected chi connectivity index (χ3v) is 4.78. The number of nitrogens with one attached hydrogen (secondary N) is 1. The molecule has 2 fully saturated rings. The van der Waals surface area contributed by atoms with Gasteiger partial charge in [0.1, 0.15) is 0 Å². The quantitative estimate of drug-likeness (QED) is 0.765. The highest BCUT2D eigenvalue weighted by Crippen LogP contribution is 2.18. The molecule has 2 saturated heterocycles. The summed E-state index contributed by atoms with van der Waals surface area (Å²) in [5.74, 6) is 2.90. The lowest BCUT2D eigenvalue weighted by molar-refractivity contribution is -0.133. The maximum atomic E-state index is 12.1. The van der Waals surface area contributed by atoms with Gasteiger partial charge in [-0.15, -0.1) is 0 Å². The van der Waals surface area contributed by atoms with Crippen molar-refractivity contribution in [1.29, 1.82) is 0 Å². The van der Waals surface area contributed by atoms with Crippen LogP contribution in [0.4, 0.5) is 0 Å². The SMILES string of the molecule is O=C(CC1CSCCN1)N1CCC(CO)CC1. The van der Waals surface area contributed by atoms with Crippen LogP contribution in [-0.2, 0) is 4.79 Å². The van der Waals surface area contributed by atoms with Gasteiger partial charge in [-0.05, 0) is 18.8 Å². The Morgan fingerprint density at radius 2 is 2.18 bits per heavy atom. The Morgan fingerprint density at radius 3 is 2.76 bits per heavy atom. The molecule has 0 aliphatic carbocycles. The van der Waals surface area contributed by atoms with E-state index < -0.39 is 0 Å². The Labute approximate surface area is 107 Å². The maximum Gasteiger partial charge on any atom is 0.224 e. The van der Waals surface area contributed by atoms with Crippen molar-refractivity contribution in [3.8, 4) is 0 Å². The van der Waals surface area contributed by atoms with Gasteiger partial charge >= 0.3 is 0 Å². The molecule has 0 aromatic heterocycles. The maximum absolute atomic E-state index is 12.1. The molecule has 0 radical (unpaired) electrons. The second kappa shape index (κ2) is 6.61. The van der Waals surface area contributed by atoms with Gasteiger partial charge in [0.25, 0.3) is 0 Å². The van der Waals surface area contributed by atoms with Gasteiger partial charge in [0.2, 0.25) is 5.91 Å². The van der Waals surface area contributed by atoms with Crippen LogP contribution in [0.3, 0.4) is 0 Å². The Bertz CT molecular complexity index is 249. The number of rotatable bonds is 3. The Hall–Kier alpha value is -0.260. The van der Waals surface area contributed by atoms with Crippen LogP contribution in [0, 0.1) is 5.92 Å². The average Bonchev–Trinajstić information content (AvgIpc) is 2.40. The molecule has 4 nitrogen and oxygen atoms in total. The molecule has 1 atom stereocenters. The van der Waals surface area contributed by atoms with E-state index in [0.29, 0.717) is 18.4 Å². The first-order valence-corrected chi connectivity index (χ1v) is 7.65. The summed E-state index contributed by atoms with van der Waals surface area (Å²) in [6.07, 6.45) is 2.54. The molecule has 0 spiro atoms. The zero-order valence-electron chi connectivity index (χ0n) is 10.2. The first kappa shape index (κ1) is 13.2. The second-order valence-electron chi connectivity index (χ2n) is 4.94. The summed E-state index contributed by atoms with van der Waals surface area (Å²) >= 11 is 1.93. The van der Waals surface area contributed by atoms with Crippen molar-refractivity contribution in [2.75, 3.05) is 37.7 Å². The lowest BCUT2D eigenvalue weighted by Gasteiger charge is -2.33. The van der Waals surface area contributed by atoms with Gasteiger partial charge in [0.05, 0.1) is 0 Å². The molecule has 1 unspecified atom stereocenters. The smallest absolute Gasteiger partial charge is 0.224 e. The molecule has 0 bridgehead atoms. The predicted molar refractivity (Wildman–Crippen MR) is 70.1 cm³/mol. The Balaban J connectivity index is 1.72. The largest absolute Gasteiger partial charge is 0.396 e. The summed E-state index contributed by atoms with van der Waals surface area (Å²) < 4.78 is 0. The normalized spacial score (nSPS) is 27.1. The monoisotopic (exact) mass is 258 g/mol. The number of nitrogens with zero attached hydrogens (tertiary/aromatic N) is 1. The number of aliphatic hydroxyl groups is 1. The van der Waals surface area contributed by atoms with E-state index in [-0.39, 0.29) is 12.5 Å². The summed E-state index contributed by atoms with van der Waals surface area (Å²) in [4.78, 5) is 14.0. The number of hydrogen-bond donors (Lipinski definition) is 2. The molecule has 2 aliphatic heterocycles. The lowest BCUT2D eigenvalue weighted by atomic mass is 9.97. The minimum Gasteiger partial charge on any atom is -0.396 e. The van der Waals surface area contributed by atoms with Crippen LogP contribution in [0.15, 0.2) is 0 Å². The van der Waals surface area contributed by atoms with Gasteiger partial charge in [-0.1, -0.05) is 0 Å². The predicted octanol–water partition coefficient (Wildman–Crippen LogP) is 0.312. The van der Waals surface area contributed by atoms with Crippen molar-refractivity contribution in [2.45, 2.75) is 25.3 Å². The van der Waals surface area contributed by atoms with E-state index in [9.17, 15) is 4.79 Å². The van der Waals surface area contributed by atoms with Gasteiger partial charge in [-0.25, -0.2) is 0 Å². The third kappa shape index (κ3) is 3.86. The van der Waals surface area contributed by atoms with Crippen molar-refractivity contribution >= 4 is 17.7 Å².